The molecular weight excluding hydrogens is 242 g/mol. The van der Waals surface area contributed by atoms with E-state index in [4.69, 9.17) is 16.9 Å². The third-order valence-corrected chi connectivity index (χ3v) is 2.42. The van der Waals surface area contributed by atoms with Crippen LogP contribution in [0.3, 0.4) is 0 Å². The predicted octanol–water partition coefficient (Wildman–Crippen LogP) is 3.35. The van der Waals surface area contributed by atoms with Crippen LogP contribution in [-0.2, 0) is 0 Å². The summed E-state index contributed by atoms with van der Waals surface area (Å²) in [4.78, 5) is 10.3. The molecule has 1 N–H and O–H groups in total. The van der Waals surface area contributed by atoms with Gasteiger partial charge < -0.3 is 5.32 Å². The number of nitriles is 1. The van der Waals surface area contributed by atoms with Crippen molar-refractivity contribution in [2.24, 2.45) is 0 Å². The number of unbranched alkanes of at least 4 members (excludes halogenated alkanes) is 2. The Kier molecular flexibility index (Phi) is 5.24. The minimum absolute atomic E-state index is 0.0298. The van der Waals surface area contributed by atoms with Crippen molar-refractivity contribution < 1.29 is 4.92 Å². The topological polar surface area (TPSA) is 79.0 Å². The van der Waals surface area contributed by atoms with Crippen molar-refractivity contribution in [2.45, 2.75) is 19.3 Å². The molecule has 0 saturated heterocycles. The van der Waals surface area contributed by atoms with Crippen LogP contribution in [0.25, 0.3) is 0 Å². The first kappa shape index (κ1) is 13.3. The van der Waals surface area contributed by atoms with Gasteiger partial charge in [-0.15, -0.1) is 0 Å². The van der Waals surface area contributed by atoms with E-state index in [-0.39, 0.29) is 5.69 Å². The van der Waals surface area contributed by atoms with Crippen LogP contribution < -0.4 is 5.32 Å². The van der Waals surface area contributed by atoms with E-state index in [0.29, 0.717) is 23.7 Å². The average Bonchev–Trinajstić information content (AvgIpc) is 2.30. The Labute approximate surface area is 104 Å². The fourth-order valence-corrected chi connectivity index (χ4v) is 1.52. The van der Waals surface area contributed by atoms with Crippen molar-refractivity contribution in [3.8, 4) is 6.07 Å². The fourth-order valence-electron chi connectivity index (χ4n) is 1.36. The molecule has 0 spiro atoms. The maximum Gasteiger partial charge on any atom is 0.293 e. The monoisotopic (exact) mass is 253 g/mol. The molecule has 17 heavy (non-hydrogen) atoms. The molecule has 0 bridgehead atoms. The van der Waals surface area contributed by atoms with Gasteiger partial charge in [-0.2, -0.15) is 5.26 Å². The number of anilines is 1. The van der Waals surface area contributed by atoms with Crippen molar-refractivity contribution in [3.05, 3.63) is 33.3 Å². The van der Waals surface area contributed by atoms with Crippen LogP contribution in [0.2, 0.25) is 5.02 Å². The zero-order chi connectivity index (χ0) is 12.7. The van der Waals surface area contributed by atoms with Crippen molar-refractivity contribution in [1.29, 1.82) is 5.26 Å². The van der Waals surface area contributed by atoms with E-state index in [1.165, 1.54) is 6.07 Å². The quantitative estimate of drug-likeness (QED) is 0.479. The molecule has 0 saturated carbocycles. The predicted molar refractivity (Wildman–Crippen MR) is 66.1 cm³/mol. The molecule has 0 aromatic heterocycles. The van der Waals surface area contributed by atoms with Crippen LogP contribution in [0.5, 0.6) is 0 Å². The largest absolute Gasteiger partial charge is 0.379 e. The number of nitrogens with one attached hydrogen (secondary N) is 1. The second kappa shape index (κ2) is 6.71. The molecule has 0 unspecified atom stereocenters. The van der Waals surface area contributed by atoms with Crippen molar-refractivity contribution in [2.75, 3.05) is 11.9 Å². The number of nitro groups is 1. The summed E-state index contributed by atoms with van der Waals surface area (Å²) in [7, 11) is 0. The van der Waals surface area contributed by atoms with Gasteiger partial charge in [0, 0.05) is 24.1 Å². The number of hydrogen-bond acceptors (Lipinski definition) is 4. The lowest BCUT2D eigenvalue weighted by Crippen LogP contribution is -2.04. The summed E-state index contributed by atoms with van der Waals surface area (Å²) in [6.07, 6.45) is 2.09. The van der Waals surface area contributed by atoms with Crippen molar-refractivity contribution >= 4 is 23.0 Å². The number of hydrogen-bond donors (Lipinski definition) is 1. The number of benzene rings is 1. The highest BCUT2D eigenvalue weighted by atomic mass is 35.5. The molecule has 6 heteroatoms. The lowest BCUT2D eigenvalue weighted by Gasteiger charge is -2.06. The normalized spacial score (nSPS) is 9.65. The van der Waals surface area contributed by atoms with E-state index in [9.17, 15) is 10.1 Å². The van der Waals surface area contributed by atoms with E-state index in [1.54, 1.807) is 12.1 Å². The lowest BCUT2D eigenvalue weighted by molar-refractivity contribution is -0.383. The van der Waals surface area contributed by atoms with Crippen LogP contribution in [0, 0.1) is 21.4 Å². The van der Waals surface area contributed by atoms with Gasteiger partial charge in [0.1, 0.15) is 5.69 Å². The van der Waals surface area contributed by atoms with E-state index < -0.39 is 4.92 Å². The highest BCUT2D eigenvalue weighted by Gasteiger charge is 2.13. The second-order valence-corrected chi connectivity index (χ2v) is 3.90. The second-order valence-electron chi connectivity index (χ2n) is 3.46. The van der Waals surface area contributed by atoms with Gasteiger partial charge in [-0.3, -0.25) is 10.1 Å². The van der Waals surface area contributed by atoms with Gasteiger partial charge in [0.15, 0.2) is 0 Å². The Balaban J connectivity index is 2.59. The molecule has 0 radical (unpaired) electrons. The van der Waals surface area contributed by atoms with E-state index in [0.717, 1.165) is 12.8 Å². The lowest BCUT2D eigenvalue weighted by atomic mass is 10.2. The summed E-state index contributed by atoms with van der Waals surface area (Å²) in [6.45, 7) is 0.601. The maximum atomic E-state index is 10.8. The zero-order valence-electron chi connectivity index (χ0n) is 9.15. The van der Waals surface area contributed by atoms with Gasteiger partial charge in [0.25, 0.3) is 5.69 Å². The minimum atomic E-state index is -0.469. The molecule has 0 atom stereocenters. The zero-order valence-corrected chi connectivity index (χ0v) is 9.91. The van der Waals surface area contributed by atoms with Gasteiger partial charge in [0.2, 0.25) is 0 Å². The molecule has 1 aromatic carbocycles. The number of nitrogens with zero attached hydrogens (tertiary/aromatic N) is 2. The van der Waals surface area contributed by atoms with Crippen LogP contribution in [0.4, 0.5) is 11.4 Å². The first-order chi connectivity index (χ1) is 8.15. The molecule has 5 nitrogen and oxygen atoms in total. The minimum Gasteiger partial charge on any atom is -0.379 e. The Morgan fingerprint density at radius 2 is 2.24 bits per heavy atom. The molecule has 0 aliphatic carbocycles. The summed E-state index contributed by atoms with van der Waals surface area (Å²) in [5.74, 6) is 0. The number of nitro benzene ring substituents is 1. The molecule has 0 amide bonds. The van der Waals surface area contributed by atoms with Crippen LogP contribution in [0.15, 0.2) is 18.2 Å². The molecule has 0 heterocycles. The highest BCUT2D eigenvalue weighted by Crippen LogP contribution is 2.27. The fraction of sp³-hybridized carbons (Fsp3) is 0.364. The van der Waals surface area contributed by atoms with Gasteiger partial charge in [-0.25, -0.2) is 0 Å². The smallest absolute Gasteiger partial charge is 0.293 e. The molecule has 90 valence electrons. The van der Waals surface area contributed by atoms with Crippen LogP contribution in [-0.4, -0.2) is 11.5 Å². The van der Waals surface area contributed by atoms with E-state index in [2.05, 4.69) is 5.32 Å². The Morgan fingerprint density at radius 3 is 2.88 bits per heavy atom. The molecule has 1 aromatic rings. The maximum absolute atomic E-state index is 10.8. The molecule has 0 aliphatic heterocycles. The van der Waals surface area contributed by atoms with Gasteiger partial charge >= 0.3 is 0 Å². The van der Waals surface area contributed by atoms with Gasteiger partial charge in [-0.05, 0) is 25.0 Å². The SMILES string of the molecule is N#CCCCCNc1ccc(Cl)cc1[N+](=O)[O-]. The summed E-state index contributed by atoms with van der Waals surface area (Å²) < 4.78 is 0. The van der Waals surface area contributed by atoms with Crippen LogP contribution in [0.1, 0.15) is 19.3 Å². The van der Waals surface area contributed by atoms with Crippen LogP contribution >= 0.6 is 11.6 Å². The Hall–Kier alpha value is -1.80. The van der Waals surface area contributed by atoms with Crippen molar-refractivity contribution in [1.82, 2.24) is 0 Å². The van der Waals surface area contributed by atoms with E-state index in [1.807, 2.05) is 6.07 Å². The first-order valence-corrected chi connectivity index (χ1v) is 5.57. The molecule has 0 aliphatic rings. The summed E-state index contributed by atoms with van der Waals surface area (Å²) in [6, 6.07) is 6.56. The summed E-state index contributed by atoms with van der Waals surface area (Å²) >= 11 is 5.70. The Bertz CT molecular complexity index is 443. The average molecular weight is 254 g/mol. The van der Waals surface area contributed by atoms with Crippen molar-refractivity contribution in [3.63, 3.8) is 0 Å². The van der Waals surface area contributed by atoms with Gasteiger partial charge in [-0.1, -0.05) is 11.6 Å². The van der Waals surface area contributed by atoms with Gasteiger partial charge in [0.05, 0.1) is 11.0 Å². The molecule has 1 rings (SSSR count). The standard InChI is InChI=1S/C11H12ClN3O2/c12-9-4-5-10(11(8-9)15(16)17)14-7-3-1-2-6-13/h4-5,8,14H,1-3,7H2. The third kappa shape index (κ3) is 4.29. The van der Waals surface area contributed by atoms with E-state index >= 15 is 0 Å². The third-order valence-electron chi connectivity index (χ3n) is 2.19. The summed E-state index contributed by atoms with van der Waals surface area (Å²) in [5.41, 5.74) is 0.425. The first-order valence-electron chi connectivity index (χ1n) is 5.20. The number of halogens is 1. The number of rotatable bonds is 6. The Morgan fingerprint density at radius 1 is 1.47 bits per heavy atom. The molecule has 0 fully saturated rings. The highest BCUT2D eigenvalue weighted by molar-refractivity contribution is 6.30. The molecular formula is C11H12ClN3O2. The summed E-state index contributed by atoms with van der Waals surface area (Å²) in [5, 5.41) is 22.4.